The molecule has 0 saturated carbocycles. The lowest BCUT2D eigenvalue weighted by Crippen LogP contribution is -2.19. The highest BCUT2D eigenvalue weighted by Crippen LogP contribution is 2.31. The second-order valence-electron chi connectivity index (χ2n) is 5.24. The van der Waals surface area contributed by atoms with Crippen molar-refractivity contribution in [2.45, 2.75) is 26.3 Å². The second-order valence-corrected chi connectivity index (χ2v) is 6.16. The van der Waals surface area contributed by atoms with E-state index < -0.39 is 0 Å². The lowest BCUT2D eigenvalue weighted by Gasteiger charge is -2.20. The highest BCUT2D eigenvalue weighted by Gasteiger charge is 2.14. The Hall–Kier alpha value is -1.28. The van der Waals surface area contributed by atoms with E-state index in [0.717, 1.165) is 0 Å². The van der Waals surface area contributed by atoms with Gasteiger partial charge in [0, 0.05) is 33.4 Å². The van der Waals surface area contributed by atoms with Gasteiger partial charge >= 0.3 is 0 Å². The van der Waals surface area contributed by atoms with Gasteiger partial charge in [0.15, 0.2) is 0 Å². The van der Waals surface area contributed by atoms with E-state index >= 15 is 0 Å². The standard InChI is InChI=1S/C14H15NS/c1-14(2,3)15-8-11-5-4-10-6-7-16-13(10)12(11)9-15/h4-9H,1-3H3. The first-order valence-corrected chi connectivity index (χ1v) is 6.42. The summed E-state index contributed by atoms with van der Waals surface area (Å²) in [6.07, 6.45) is 4.52. The lowest BCUT2D eigenvalue weighted by molar-refractivity contribution is 0.400. The van der Waals surface area contributed by atoms with Gasteiger partial charge < -0.3 is 4.57 Å². The predicted molar refractivity (Wildman–Crippen MR) is 72.3 cm³/mol. The SMILES string of the molecule is CC(C)(C)n1cc2ccc3ccsc3c2c1. The van der Waals surface area contributed by atoms with Crippen molar-refractivity contribution in [3.63, 3.8) is 0 Å². The number of nitrogens with zero attached hydrogens (tertiary/aromatic N) is 1. The van der Waals surface area contributed by atoms with Crippen molar-refractivity contribution in [2.75, 3.05) is 0 Å². The molecule has 0 N–H and O–H groups in total. The van der Waals surface area contributed by atoms with Crippen LogP contribution in [0.4, 0.5) is 0 Å². The number of hydrogen-bond donors (Lipinski definition) is 0. The van der Waals surface area contributed by atoms with E-state index in [0.29, 0.717) is 0 Å². The molecule has 0 spiro atoms. The molecule has 3 aromatic rings. The molecule has 0 atom stereocenters. The van der Waals surface area contributed by atoms with E-state index in [9.17, 15) is 0 Å². The number of benzene rings is 1. The first-order chi connectivity index (χ1) is 7.55. The van der Waals surface area contributed by atoms with E-state index in [2.05, 4.69) is 61.3 Å². The van der Waals surface area contributed by atoms with Crippen LogP contribution in [0.3, 0.4) is 0 Å². The Morgan fingerprint density at radius 3 is 2.50 bits per heavy atom. The van der Waals surface area contributed by atoms with E-state index in [4.69, 9.17) is 0 Å². The van der Waals surface area contributed by atoms with Crippen molar-refractivity contribution in [1.82, 2.24) is 4.57 Å². The number of thiophene rings is 1. The second kappa shape index (κ2) is 3.11. The third kappa shape index (κ3) is 1.37. The molecule has 0 saturated heterocycles. The predicted octanol–water partition coefficient (Wildman–Crippen LogP) is 4.61. The first-order valence-electron chi connectivity index (χ1n) is 5.54. The highest BCUT2D eigenvalue weighted by atomic mass is 32.1. The van der Waals surface area contributed by atoms with Gasteiger partial charge in [-0.05, 0) is 37.6 Å². The van der Waals surface area contributed by atoms with E-state index in [1.54, 1.807) is 0 Å². The molecule has 2 heterocycles. The normalized spacial score (nSPS) is 12.7. The Labute approximate surface area is 99.3 Å². The van der Waals surface area contributed by atoms with Gasteiger partial charge in [-0.1, -0.05) is 12.1 Å². The maximum absolute atomic E-state index is 2.30. The minimum Gasteiger partial charge on any atom is -0.348 e. The summed E-state index contributed by atoms with van der Waals surface area (Å²) >= 11 is 1.83. The van der Waals surface area contributed by atoms with Gasteiger partial charge in [0.1, 0.15) is 0 Å². The molecule has 2 aromatic heterocycles. The van der Waals surface area contributed by atoms with Crippen LogP contribution < -0.4 is 0 Å². The van der Waals surface area contributed by atoms with Crippen LogP contribution in [0.5, 0.6) is 0 Å². The third-order valence-corrected chi connectivity index (χ3v) is 3.98. The third-order valence-electron chi connectivity index (χ3n) is 3.01. The molecule has 1 nitrogen and oxygen atoms in total. The van der Waals surface area contributed by atoms with Crippen molar-refractivity contribution in [1.29, 1.82) is 0 Å². The summed E-state index contributed by atoms with van der Waals surface area (Å²) in [4.78, 5) is 0. The highest BCUT2D eigenvalue weighted by molar-refractivity contribution is 7.18. The monoisotopic (exact) mass is 229 g/mol. The van der Waals surface area contributed by atoms with Crippen LogP contribution >= 0.6 is 11.3 Å². The molecule has 0 aliphatic carbocycles. The zero-order chi connectivity index (χ0) is 11.3. The van der Waals surface area contributed by atoms with Gasteiger partial charge in [-0.15, -0.1) is 11.3 Å². The minimum absolute atomic E-state index is 0.155. The van der Waals surface area contributed by atoms with E-state index in [1.807, 2.05) is 11.3 Å². The molecule has 0 bridgehead atoms. The van der Waals surface area contributed by atoms with Crippen molar-refractivity contribution < 1.29 is 0 Å². The molecule has 0 amide bonds. The Morgan fingerprint density at radius 2 is 1.75 bits per heavy atom. The summed E-state index contributed by atoms with van der Waals surface area (Å²) < 4.78 is 3.71. The van der Waals surface area contributed by atoms with Crippen LogP contribution in [-0.2, 0) is 5.54 Å². The Bertz CT molecular complexity index is 652. The largest absolute Gasteiger partial charge is 0.348 e. The van der Waals surface area contributed by atoms with Crippen molar-refractivity contribution in [3.05, 3.63) is 36.0 Å². The Morgan fingerprint density at radius 1 is 1.00 bits per heavy atom. The molecule has 82 valence electrons. The van der Waals surface area contributed by atoms with Gasteiger partial charge in [0.25, 0.3) is 0 Å². The van der Waals surface area contributed by atoms with Gasteiger partial charge in [0.05, 0.1) is 0 Å². The van der Waals surface area contributed by atoms with Gasteiger partial charge in [-0.25, -0.2) is 0 Å². The minimum atomic E-state index is 0.155. The zero-order valence-electron chi connectivity index (χ0n) is 9.82. The molecule has 16 heavy (non-hydrogen) atoms. The Balaban J connectivity index is 2.39. The average Bonchev–Trinajstić information content (AvgIpc) is 2.81. The van der Waals surface area contributed by atoms with Crippen LogP contribution in [0.2, 0.25) is 0 Å². The van der Waals surface area contributed by atoms with Crippen LogP contribution in [0.1, 0.15) is 20.8 Å². The van der Waals surface area contributed by atoms with Crippen LogP contribution in [0, 0.1) is 0 Å². The quantitative estimate of drug-likeness (QED) is 0.530. The van der Waals surface area contributed by atoms with Crippen molar-refractivity contribution in [2.24, 2.45) is 0 Å². The fraction of sp³-hybridized carbons (Fsp3) is 0.286. The number of rotatable bonds is 0. The smallest absolute Gasteiger partial charge is 0.0436 e. The van der Waals surface area contributed by atoms with Gasteiger partial charge in [-0.3, -0.25) is 0 Å². The van der Waals surface area contributed by atoms with E-state index in [-0.39, 0.29) is 5.54 Å². The Kier molecular flexibility index (Phi) is 1.93. The fourth-order valence-electron chi connectivity index (χ4n) is 2.03. The zero-order valence-corrected chi connectivity index (χ0v) is 10.6. The summed E-state index contributed by atoms with van der Waals surface area (Å²) in [5.41, 5.74) is 0.155. The lowest BCUT2D eigenvalue weighted by atomic mass is 10.1. The molecular formula is C14H15NS. The number of hydrogen-bond acceptors (Lipinski definition) is 1. The van der Waals surface area contributed by atoms with Crippen LogP contribution in [0.15, 0.2) is 36.0 Å². The average molecular weight is 229 g/mol. The van der Waals surface area contributed by atoms with Crippen LogP contribution in [0.25, 0.3) is 20.9 Å². The fourth-order valence-corrected chi connectivity index (χ4v) is 2.95. The summed E-state index contributed by atoms with van der Waals surface area (Å²) in [6, 6.07) is 6.61. The topological polar surface area (TPSA) is 4.93 Å². The summed E-state index contributed by atoms with van der Waals surface area (Å²) in [7, 11) is 0. The maximum Gasteiger partial charge on any atom is 0.0436 e. The molecule has 0 aliphatic heterocycles. The van der Waals surface area contributed by atoms with Crippen molar-refractivity contribution in [3.8, 4) is 0 Å². The number of fused-ring (bicyclic) bond motifs is 3. The number of aromatic nitrogens is 1. The summed E-state index contributed by atoms with van der Waals surface area (Å²) in [5, 5.41) is 6.23. The van der Waals surface area contributed by atoms with E-state index in [1.165, 1.54) is 20.9 Å². The molecule has 0 aliphatic rings. The summed E-state index contributed by atoms with van der Waals surface area (Å²) in [5.74, 6) is 0. The maximum atomic E-state index is 2.30. The molecule has 0 unspecified atom stereocenters. The van der Waals surface area contributed by atoms with Gasteiger partial charge in [-0.2, -0.15) is 0 Å². The molecule has 2 heteroatoms. The molecule has 3 rings (SSSR count). The molecular weight excluding hydrogens is 214 g/mol. The first kappa shape index (κ1) is 9.91. The molecule has 1 aromatic carbocycles. The van der Waals surface area contributed by atoms with Crippen molar-refractivity contribution >= 4 is 32.2 Å². The molecule has 0 fully saturated rings. The summed E-state index contributed by atoms with van der Waals surface area (Å²) in [6.45, 7) is 6.70. The van der Waals surface area contributed by atoms with Gasteiger partial charge in [0.2, 0.25) is 0 Å². The van der Waals surface area contributed by atoms with Crippen LogP contribution in [-0.4, -0.2) is 4.57 Å². The molecule has 0 radical (unpaired) electrons.